The molecular weight excluding hydrogens is 414 g/mol. The van der Waals surface area contributed by atoms with Crippen molar-refractivity contribution < 1.29 is 9.53 Å². The number of aromatic nitrogens is 3. The summed E-state index contributed by atoms with van der Waals surface area (Å²) in [5.74, 6) is 1.22. The van der Waals surface area contributed by atoms with Gasteiger partial charge in [0.1, 0.15) is 11.6 Å². The zero-order valence-corrected chi connectivity index (χ0v) is 18.7. The summed E-state index contributed by atoms with van der Waals surface area (Å²) < 4.78 is 5.30. The van der Waals surface area contributed by atoms with Crippen molar-refractivity contribution in [3.05, 3.63) is 96.1 Å². The van der Waals surface area contributed by atoms with Crippen LogP contribution < -0.4 is 15.4 Å². The van der Waals surface area contributed by atoms with E-state index in [4.69, 9.17) is 9.72 Å². The fourth-order valence-electron chi connectivity index (χ4n) is 3.35. The van der Waals surface area contributed by atoms with Gasteiger partial charge < -0.3 is 15.4 Å². The van der Waals surface area contributed by atoms with Gasteiger partial charge in [-0.05, 0) is 55.8 Å². The SMILES string of the molecule is COc1cccc(-c2cncc(NC(C)c3cccc(NC(=O)c4ccc(C)nc4)c3)n2)c1. The van der Waals surface area contributed by atoms with E-state index >= 15 is 0 Å². The van der Waals surface area contributed by atoms with Crippen molar-refractivity contribution in [2.75, 3.05) is 17.7 Å². The number of hydrogen-bond acceptors (Lipinski definition) is 6. The summed E-state index contributed by atoms with van der Waals surface area (Å²) in [5, 5.41) is 6.32. The maximum Gasteiger partial charge on any atom is 0.257 e. The number of carbonyl (C=O) groups is 1. The van der Waals surface area contributed by atoms with Crippen LogP contribution in [0.1, 0.15) is 34.6 Å². The van der Waals surface area contributed by atoms with E-state index < -0.39 is 0 Å². The Bertz CT molecular complexity index is 1260. The largest absolute Gasteiger partial charge is 0.497 e. The first-order valence-corrected chi connectivity index (χ1v) is 10.6. The topological polar surface area (TPSA) is 89.0 Å². The fourth-order valence-corrected chi connectivity index (χ4v) is 3.35. The van der Waals surface area contributed by atoms with E-state index in [1.54, 1.807) is 31.8 Å². The second-order valence-electron chi connectivity index (χ2n) is 7.66. The van der Waals surface area contributed by atoms with Crippen molar-refractivity contribution in [2.24, 2.45) is 0 Å². The van der Waals surface area contributed by atoms with Crippen molar-refractivity contribution in [1.82, 2.24) is 15.0 Å². The maximum atomic E-state index is 12.5. The van der Waals surface area contributed by atoms with Crippen LogP contribution in [0.4, 0.5) is 11.5 Å². The smallest absolute Gasteiger partial charge is 0.257 e. The molecule has 33 heavy (non-hydrogen) atoms. The van der Waals surface area contributed by atoms with Crippen LogP contribution in [0.3, 0.4) is 0 Å². The molecule has 0 saturated heterocycles. The Morgan fingerprint density at radius 2 is 1.85 bits per heavy atom. The molecule has 2 heterocycles. The standard InChI is InChI=1S/C26H25N5O2/c1-17-10-11-21(14-28-17)26(32)30-22-8-4-6-19(12-22)18(2)29-25-16-27-15-24(31-25)20-7-5-9-23(13-20)33-3/h4-16,18H,1-3H3,(H,29,31)(H,30,32). The summed E-state index contributed by atoms with van der Waals surface area (Å²) >= 11 is 0. The van der Waals surface area contributed by atoms with Crippen LogP contribution in [0, 0.1) is 6.92 Å². The summed E-state index contributed by atoms with van der Waals surface area (Å²) in [5.41, 5.74) is 4.77. The van der Waals surface area contributed by atoms with Crippen LogP contribution in [0.25, 0.3) is 11.3 Å². The van der Waals surface area contributed by atoms with E-state index in [1.165, 1.54) is 0 Å². The molecule has 2 aromatic heterocycles. The van der Waals surface area contributed by atoms with Crippen LogP contribution in [0.15, 0.2) is 79.3 Å². The van der Waals surface area contributed by atoms with E-state index in [9.17, 15) is 4.79 Å². The highest BCUT2D eigenvalue weighted by molar-refractivity contribution is 6.04. The number of carbonyl (C=O) groups excluding carboxylic acids is 1. The van der Waals surface area contributed by atoms with Gasteiger partial charge in [-0.2, -0.15) is 0 Å². The average Bonchev–Trinajstić information content (AvgIpc) is 2.85. The number of nitrogens with one attached hydrogen (secondary N) is 2. The summed E-state index contributed by atoms with van der Waals surface area (Å²) in [7, 11) is 1.64. The minimum atomic E-state index is -0.197. The molecule has 7 nitrogen and oxygen atoms in total. The Morgan fingerprint density at radius 1 is 1.00 bits per heavy atom. The summed E-state index contributed by atoms with van der Waals surface area (Å²) in [6, 6.07) is 18.9. The molecule has 0 aliphatic heterocycles. The molecule has 7 heteroatoms. The number of hydrogen-bond donors (Lipinski definition) is 2. The number of benzene rings is 2. The van der Waals surface area contributed by atoms with Crippen LogP contribution in [0.2, 0.25) is 0 Å². The van der Waals surface area contributed by atoms with Gasteiger partial charge in [-0.15, -0.1) is 0 Å². The second-order valence-corrected chi connectivity index (χ2v) is 7.66. The molecule has 0 bridgehead atoms. The number of amides is 1. The fraction of sp³-hybridized carbons (Fsp3) is 0.154. The van der Waals surface area contributed by atoms with Crippen LogP contribution in [-0.4, -0.2) is 28.0 Å². The lowest BCUT2D eigenvalue weighted by atomic mass is 10.1. The molecule has 0 aliphatic rings. The number of methoxy groups -OCH3 is 1. The Morgan fingerprint density at radius 3 is 2.64 bits per heavy atom. The summed E-state index contributed by atoms with van der Waals surface area (Å²) in [6.07, 6.45) is 4.99. The van der Waals surface area contributed by atoms with Gasteiger partial charge in [0, 0.05) is 23.1 Å². The van der Waals surface area contributed by atoms with Crippen molar-refractivity contribution in [3.8, 4) is 17.0 Å². The third-order valence-electron chi connectivity index (χ3n) is 5.18. The second kappa shape index (κ2) is 9.91. The van der Waals surface area contributed by atoms with Crippen molar-refractivity contribution in [1.29, 1.82) is 0 Å². The molecule has 2 aromatic carbocycles. The van der Waals surface area contributed by atoms with Gasteiger partial charge in [-0.1, -0.05) is 24.3 Å². The molecule has 0 saturated carbocycles. The normalized spacial score (nSPS) is 11.5. The summed E-state index contributed by atoms with van der Waals surface area (Å²) in [6.45, 7) is 3.92. The Hall–Kier alpha value is -4.26. The number of pyridine rings is 1. The monoisotopic (exact) mass is 439 g/mol. The van der Waals surface area contributed by atoms with E-state index in [1.807, 2.05) is 68.4 Å². The minimum absolute atomic E-state index is 0.0576. The molecule has 0 aliphatic carbocycles. The molecule has 1 atom stereocenters. The third kappa shape index (κ3) is 5.51. The van der Waals surface area contributed by atoms with E-state index in [0.29, 0.717) is 17.1 Å². The lowest BCUT2D eigenvalue weighted by Crippen LogP contribution is -2.13. The van der Waals surface area contributed by atoms with E-state index in [-0.39, 0.29) is 11.9 Å². The van der Waals surface area contributed by atoms with Crippen molar-refractivity contribution in [2.45, 2.75) is 19.9 Å². The molecule has 4 aromatic rings. The van der Waals surface area contributed by atoms with Gasteiger partial charge in [0.05, 0.1) is 36.8 Å². The van der Waals surface area contributed by atoms with Gasteiger partial charge in [0.2, 0.25) is 0 Å². The maximum absolute atomic E-state index is 12.5. The molecule has 166 valence electrons. The molecule has 0 spiro atoms. The first-order valence-electron chi connectivity index (χ1n) is 10.6. The average molecular weight is 440 g/mol. The predicted octanol–water partition coefficient (Wildman–Crippen LogP) is 5.28. The Kier molecular flexibility index (Phi) is 6.59. The van der Waals surface area contributed by atoms with Crippen molar-refractivity contribution in [3.63, 3.8) is 0 Å². The van der Waals surface area contributed by atoms with E-state index in [2.05, 4.69) is 20.6 Å². The molecule has 0 fully saturated rings. The molecular formula is C26H25N5O2. The van der Waals surface area contributed by atoms with Gasteiger partial charge in [0.15, 0.2) is 0 Å². The van der Waals surface area contributed by atoms with Gasteiger partial charge >= 0.3 is 0 Å². The number of anilines is 2. The molecule has 0 radical (unpaired) electrons. The lowest BCUT2D eigenvalue weighted by Gasteiger charge is -2.16. The number of aryl methyl sites for hydroxylation is 1. The molecule has 4 rings (SSSR count). The van der Waals surface area contributed by atoms with Gasteiger partial charge in [-0.25, -0.2) is 4.98 Å². The highest BCUT2D eigenvalue weighted by atomic mass is 16.5. The Labute approximate surface area is 192 Å². The first-order chi connectivity index (χ1) is 16.0. The van der Waals surface area contributed by atoms with Crippen LogP contribution in [-0.2, 0) is 0 Å². The van der Waals surface area contributed by atoms with E-state index in [0.717, 1.165) is 28.3 Å². The summed E-state index contributed by atoms with van der Waals surface area (Å²) in [4.78, 5) is 25.7. The zero-order chi connectivity index (χ0) is 23.2. The molecule has 1 unspecified atom stereocenters. The quantitative estimate of drug-likeness (QED) is 0.407. The number of ether oxygens (including phenoxy) is 1. The highest BCUT2D eigenvalue weighted by Crippen LogP contribution is 2.25. The van der Waals surface area contributed by atoms with Crippen molar-refractivity contribution >= 4 is 17.4 Å². The lowest BCUT2D eigenvalue weighted by molar-refractivity contribution is 0.102. The van der Waals surface area contributed by atoms with Crippen LogP contribution >= 0.6 is 0 Å². The molecule has 1 amide bonds. The third-order valence-corrected chi connectivity index (χ3v) is 5.18. The number of nitrogens with zero attached hydrogens (tertiary/aromatic N) is 3. The molecule has 2 N–H and O–H groups in total. The Balaban J connectivity index is 1.47. The van der Waals surface area contributed by atoms with Gasteiger partial charge in [-0.3, -0.25) is 14.8 Å². The first kappa shape index (κ1) is 22.0. The predicted molar refractivity (Wildman–Crippen MR) is 129 cm³/mol. The number of rotatable bonds is 7. The minimum Gasteiger partial charge on any atom is -0.497 e. The zero-order valence-electron chi connectivity index (χ0n) is 18.7. The van der Waals surface area contributed by atoms with Gasteiger partial charge in [0.25, 0.3) is 5.91 Å². The highest BCUT2D eigenvalue weighted by Gasteiger charge is 2.11. The van der Waals surface area contributed by atoms with Crippen LogP contribution in [0.5, 0.6) is 5.75 Å².